The van der Waals surface area contributed by atoms with Gasteiger partial charge in [-0.05, 0) is 30.0 Å². The van der Waals surface area contributed by atoms with Gasteiger partial charge in [-0.15, -0.1) is 11.3 Å². The molecule has 0 bridgehead atoms. The minimum atomic E-state index is -0.105. The Kier molecular flexibility index (Phi) is 5.96. The molecule has 1 N–H and O–H groups in total. The first kappa shape index (κ1) is 15.7. The number of hydrogen-bond donors (Lipinski definition) is 1. The average molecular weight is 322 g/mol. The molecule has 0 saturated heterocycles. The van der Waals surface area contributed by atoms with Gasteiger partial charge < -0.3 is 5.32 Å². The molecule has 1 aromatic carbocycles. The normalized spacial score (nSPS) is 10.3. The molecule has 0 saturated carbocycles. The zero-order valence-electron chi connectivity index (χ0n) is 11.5. The first-order valence-electron chi connectivity index (χ1n) is 6.73. The lowest BCUT2D eigenvalue weighted by Crippen LogP contribution is -2.25. The zero-order valence-corrected chi connectivity index (χ0v) is 13.0. The highest BCUT2D eigenvalue weighted by Crippen LogP contribution is 2.17. The maximum absolute atomic E-state index is 12.0. The molecule has 3 nitrogen and oxygen atoms in total. The summed E-state index contributed by atoms with van der Waals surface area (Å²) in [5.41, 5.74) is 0.477. The predicted octanol–water partition coefficient (Wildman–Crippen LogP) is 3.72. The highest BCUT2D eigenvalue weighted by molar-refractivity contribution is 7.09. The summed E-state index contributed by atoms with van der Waals surface area (Å²) in [5, 5.41) is 5.27. The summed E-state index contributed by atoms with van der Waals surface area (Å²) < 4.78 is 0. The molecule has 21 heavy (non-hydrogen) atoms. The largest absolute Gasteiger partial charge is 0.356 e. The summed E-state index contributed by atoms with van der Waals surface area (Å²) in [4.78, 5) is 24.9. The van der Waals surface area contributed by atoms with Crippen molar-refractivity contribution >= 4 is 34.6 Å². The van der Waals surface area contributed by atoms with E-state index in [1.165, 1.54) is 4.88 Å². The van der Waals surface area contributed by atoms with Crippen LogP contribution < -0.4 is 5.32 Å². The van der Waals surface area contributed by atoms with Crippen LogP contribution in [0, 0.1) is 0 Å². The van der Waals surface area contributed by atoms with Crippen LogP contribution in [0.1, 0.15) is 28.1 Å². The average Bonchev–Trinajstić information content (AvgIpc) is 2.98. The molecule has 0 fully saturated rings. The van der Waals surface area contributed by atoms with Gasteiger partial charge in [-0.3, -0.25) is 9.59 Å². The third-order valence-corrected chi connectivity index (χ3v) is 4.29. The van der Waals surface area contributed by atoms with Gasteiger partial charge in [0.2, 0.25) is 5.91 Å². The van der Waals surface area contributed by atoms with Crippen molar-refractivity contribution < 1.29 is 9.59 Å². The monoisotopic (exact) mass is 321 g/mol. The molecule has 0 aliphatic heterocycles. The van der Waals surface area contributed by atoms with Gasteiger partial charge >= 0.3 is 0 Å². The standard InChI is InChI=1S/C16H16ClNO2S/c17-14-6-2-1-5-13(14)15(19)7-8-16(20)18-10-9-12-4-3-11-21-12/h1-6,11H,7-10H2,(H,18,20). The van der Waals surface area contributed by atoms with E-state index in [2.05, 4.69) is 5.32 Å². The Morgan fingerprint density at radius 1 is 1.10 bits per heavy atom. The number of thiophene rings is 1. The fraction of sp³-hybridized carbons (Fsp3) is 0.250. The number of carbonyl (C=O) groups is 2. The van der Waals surface area contributed by atoms with E-state index in [9.17, 15) is 9.59 Å². The van der Waals surface area contributed by atoms with Gasteiger partial charge in [0, 0.05) is 29.8 Å². The summed E-state index contributed by atoms with van der Waals surface area (Å²) in [6, 6.07) is 10.9. The Labute approximate surface area is 132 Å². The maximum atomic E-state index is 12.0. The van der Waals surface area contributed by atoms with Gasteiger partial charge in [0.1, 0.15) is 0 Å². The molecular weight excluding hydrogens is 306 g/mol. The fourth-order valence-corrected chi connectivity index (χ4v) is 2.87. The number of halogens is 1. The molecule has 0 radical (unpaired) electrons. The first-order valence-corrected chi connectivity index (χ1v) is 7.99. The Balaban J connectivity index is 1.71. The molecule has 0 aliphatic carbocycles. The van der Waals surface area contributed by atoms with Crippen molar-refractivity contribution in [3.63, 3.8) is 0 Å². The van der Waals surface area contributed by atoms with Crippen molar-refractivity contribution in [1.82, 2.24) is 5.32 Å². The van der Waals surface area contributed by atoms with Gasteiger partial charge in [-0.1, -0.05) is 29.8 Å². The summed E-state index contributed by atoms with van der Waals surface area (Å²) in [6.07, 6.45) is 1.19. The molecule has 1 aromatic heterocycles. The van der Waals surface area contributed by atoms with Crippen molar-refractivity contribution in [2.75, 3.05) is 6.54 Å². The minimum absolute atomic E-state index is 0.103. The summed E-state index contributed by atoms with van der Waals surface area (Å²) in [7, 11) is 0. The van der Waals surface area contributed by atoms with Gasteiger partial charge in [0.05, 0.1) is 5.02 Å². The first-order chi connectivity index (χ1) is 10.2. The number of ketones is 1. The maximum Gasteiger partial charge on any atom is 0.220 e. The van der Waals surface area contributed by atoms with Crippen molar-refractivity contribution in [2.45, 2.75) is 19.3 Å². The van der Waals surface area contributed by atoms with Crippen molar-refractivity contribution in [1.29, 1.82) is 0 Å². The fourth-order valence-electron chi connectivity index (χ4n) is 1.92. The van der Waals surface area contributed by atoms with E-state index in [0.717, 1.165) is 6.42 Å². The molecule has 1 heterocycles. The lowest BCUT2D eigenvalue weighted by atomic mass is 10.1. The van der Waals surface area contributed by atoms with Crippen LogP contribution in [0.15, 0.2) is 41.8 Å². The van der Waals surface area contributed by atoms with Crippen molar-refractivity contribution in [2.24, 2.45) is 0 Å². The SMILES string of the molecule is O=C(CCC(=O)c1ccccc1Cl)NCCc1cccs1. The van der Waals surface area contributed by atoms with Crippen LogP contribution in [-0.4, -0.2) is 18.2 Å². The highest BCUT2D eigenvalue weighted by atomic mass is 35.5. The molecular formula is C16H16ClNO2S. The summed E-state index contributed by atoms with van der Waals surface area (Å²) >= 11 is 7.63. The number of rotatable bonds is 7. The lowest BCUT2D eigenvalue weighted by Gasteiger charge is -2.05. The van der Waals surface area contributed by atoms with E-state index >= 15 is 0 Å². The number of Topliss-reactive ketones (excluding diaryl/α,β-unsaturated/α-hetero) is 1. The van der Waals surface area contributed by atoms with E-state index in [0.29, 0.717) is 17.1 Å². The van der Waals surface area contributed by atoms with Crippen molar-refractivity contribution in [3.8, 4) is 0 Å². The van der Waals surface area contributed by atoms with Crippen LogP contribution in [-0.2, 0) is 11.2 Å². The Morgan fingerprint density at radius 2 is 1.90 bits per heavy atom. The van der Waals surface area contributed by atoms with Gasteiger partial charge in [0.25, 0.3) is 0 Å². The van der Waals surface area contributed by atoms with Crippen LogP contribution in [0.5, 0.6) is 0 Å². The zero-order chi connectivity index (χ0) is 15.1. The number of amides is 1. The number of carbonyl (C=O) groups excluding carboxylic acids is 2. The molecule has 5 heteroatoms. The van der Waals surface area contributed by atoms with Crippen molar-refractivity contribution in [3.05, 3.63) is 57.2 Å². The van der Waals surface area contributed by atoms with Gasteiger partial charge in [-0.2, -0.15) is 0 Å². The molecule has 1 amide bonds. The molecule has 110 valence electrons. The molecule has 0 atom stereocenters. The highest BCUT2D eigenvalue weighted by Gasteiger charge is 2.11. The number of hydrogen-bond acceptors (Lipinski definition) is 3. The van der Waals surface area contributed by atoms with E-state index < -0.39 is 0 Å². The van der Waals surface area contributed by atoms with Crippen LogP contribution in [0.4, 0.5) is 0 Å². The van der Waals surface area contributed by atoms with Gasteiger partial charge in [0.15, 0.2) is 5.78 Å². The predicted molar refractivity (Wildman–Crippen MR) is 86.0 cm³/mol. The van der Waals surface area contributed by atoms with Crippen LogP contribution in [0.3, 0.4) is 0 Å². The Bertz CT molecular complexity index is 610. The second-order valence-electron chi connectivity index (χ2n) is 4.58. The minimum Gasteiger partial charge on any atom is -0.356 e. The van der Waals surface area contributed by atoms with Crippen LogP contribution in [0.25, 0.3) is 0 Å². The van der Waals surface area contributed by atoms with E-state index in [1.807, 2.05) is 17.5 Å². The Hall–Kier alpha value is -1.65. The smallest absolute Gasteiger partial charge is 0.220 e. The third-order valence-electron chi connectivity index (χ3n) is 3.03. The van der Waals surface area contributed by atoms with Crippen LogP contribution >= 0.6 is 22.9 Å². The topological polar surface area (TPSA) is 46.2 Å². The molecule has 2 rings (SSSR count). The summed E-state index contributed by atoms with van der Waals surface area (Å²) in [6.45, 7) is 0.597. The summed E-state index contributed by atoms with van der Waals surface area (Å²) in [5.74, 6) is -0.207. The Morgan fingerprint density at radius 3 is 2.62 bits per heavy atom. The quantitative estimate of drug-likeness (QED) is 0.790. The lowest BCUT2D eigenvalue weighted by molar-refractivity contribution is -0.121. The second-order valence-corrected chi connectivity index (χ2v) is 6.02. The second kappa shape index (κ2) is 7.96. The van der Waals surface area contributed by atoms with E-state index in [-0.39, 0.29) is 24.5 Å². The molecule has 0 unspecified atom stereocenters. The van der Waals surface area contributed by atoms with Gasteiger partial charge in [-0.25, -0.2) is 0 Å². The molecule has 2 aromatic rings. The third kappa shape index (κ3) is 4.99. The molecule has 0 aliphatic rings. The molecule has 0 spiro atoms. The van der Waals surface area contributed by atoms with Crippen LogP contribution in [0.2, 0.25) is 5.02 Å². The number of nitrogens with one attached hydrogen (secondary N) is 1. The van der Waals surface area contributed by atoms with E-state index in [1.54, 1.807) is 35.6 Å². The van der Waals surface area contributed by atoms with E-state index in [4.69, 9.17) is 11.6 Å². The number of benzene rings is 1.